The molecule has 0 saturated carbocycles. The van der Waals surface area contributed by atoms with Gasteiger partial charge in [-0.05, 0) is 12.0 Å². The summed E-state index contributed by atoms with van der Waals surface area (Å²) in [4.78, 5) is 0. The second kappa shape index (κ2) is 5.64. The molecule has 3 N–H and O–H groups in total. The summed E-state index contributed by atoms with van der Waals surface area (Å²) in [6, 6.07) is 10.2. The molecule has 0 radical (unpaired) electrons. The molecule has 0 aliphatic carbocycles. The lowest BCUT2D eigenvalue weighted by atomic mass is 10.0. The Balaban J connectivity index is 1.97. The van der Waals surface area contributed by atoms with Crippen molar-refractivity contribution in [3.8, 4) is 0 Å². The van der Waals surface area contributed by atoms with Crippen molar-refractivity contribution >= 4 is 5.95 Å². The van der Waals surface area contributed by atoms with Gasteiger partial charge in [-0.1, -0.05) is 30.3 Å². The third kappa shape index (κ3) is 2.68. The maximum Gasteiger partial charge on any atom is 0.224 e. The topological polar surface area (TPSA) is 68.8 Å². The minimum absolute atomic E-state index is 0.0425. The van der Waals surface area contributed by atoms with Crippen molar-refractivity contribution in [2.45, 2.75) is 18.9 Å². The van der Waals surface area contributed by atoms with E-state index in [1.54, 1.807) is 0 Å². The molecule has 0 saturated heterocycles. The van der Waals surface area contributed by atoms with Crippen LogP contribution in [-0.4, -0.2) is 21.8 Å². The van der Waals surface area contributed by atoms with Gasteiger partial charge in [0.2, 0.25) is 5.95 Å². The average molecular weight is 245 g/mol. The van der Waals surface area contributed by atoms with Crippen molar-refractivity contribution in [3.63, 3.8) is 0 Å². The smallest absolute Gasteiger partial charge is 0.224 e. The second-order valence-corrected chi connectivity index (χ2v) is 4.30. The van der Waals surface area contributed by atoms with Crippen LogP contribution in [0.25, 0.3) is 0 Å². The minimum Gasteiger partial charge on any atom is -0.357 e. The van der Waals surface area contributed by atoms with Crippen molar-refractivity contribution < 1.29 is 0 Å². The molecule has 5 heteroatoms. The summed E-state index contributed by atoms with van der Waals surface area (Å²) in [5, 5.41) is 11.2. The number of hydrogen-bond donors (Lipinski definition) is 2. The van der Waals surface area contributed by atoms with Crippen molar-refractivity contribution in [1.29, 1.82) is 0 Å². The van der Waals surface area contributed by atoms with Crippen molar-refractivity contribution in [3.05, 3.63) is 41.7 Å². The van der Waals surface area contributed by atoms with E-state index in [1.807, 2.05) is 36.9 Å². The second-order valence-electron chi connectivity index (χ2n) is 4.30. The minimum atomic E-state index is 0.0425. The molecule has 1 aromatic heterocycles. The lowest BCUT2D eigenvalue weighted by Crippen LogP contribution is -2.12. The van der Waals surface area contributed by atoms with Crippen LogP contribution in [0, 0.1) is 0 Å². The number of rotatable bonds is 5. The molecule has 18 heavy (non-hydrogen) atoms. The summed E-state index contributed by atoms with van der Waals surface area (Å²) in [6.45, 7) is 0. The summed E-state index contributed by atoms with van der Waals surface area (Å²) in [6.07, 6.45) is 1.68. The van der Waals surface area contributed by atoms with E-state index < -0.39 is 0 Å². The Kier molecular flexibility index (Phi) is 3.94. The molecule has 0 fully saturated rings. The highest BCUT2D eigenvalue weighted by molar-refractivity contribution is 5.24. The van der Waals surface area contributed by atoms with Crippen LogP contribution in [0.2, 0.25) is 0 Å². The molecule has 1 aromatic carbocycles. The Hall–Kier alpha value is -1.88. The van der Waals surface area contributed by atoms with Crippen molar-refractivity contribution in [2.75, 3.05) is 12.4 Å². The van der Waals surface area contributed by atoms with Crippen LogP contribution >= 0.6 is 0 Å². The number of nitrogens with one attached hydrogen (secondary N) is 1. The zero-order valence-corrected chi connectivity index (χ0v) is 10.8. The number of benzene rings is 1. The lowest BCUT2D eigenvalue weighted by molar-refractivity contribution is 0.620. The molecular formula is C13H19N5. The van der Waals surface area contributed by atoms with Gasteiger partial charge in [0.25, 0.3) is 0 Å². The van der Waals surface area contributed by atoms with Gasteiger partial charge in [-0.3, -0.25) is 0 Å². The molecule has 0 amide bonds. The third-order valence-corrected chi connectivity index (χ3v) is 3.10. The fourth-order valence-electron chi connectivity index (χ4n) is 1.95. The van der Waals surface area contributed by atoms with Crippen LogP contribution in [0.4, 0.5) is 5.95 Å². The highest BCUT2D eigenvalue weighted by Crippen LogP contribution is 2.16. The molecular weight excluding hydrogens is 226 g/mol. The number of hydrogen-bond acceptors (Lipinski definition) is 4. The van der Waals surface area contributed by atoms with Gasteiger partial charge in [0.15, 0.2) is 0 Å². The predicted molar refractivity (Wildman–Crippen MR) is 72.2 cm³/mol. The summed E-state index contributed by atoms with van der Waals surface area (Å²) < 4.78 is 1.96. The zero-order chi connectivity index (χ0) is 13.0. The Morgan fingerprint density at radius 2 is 2.00 bits per heavy atom. The number of nitrogens with zero attached hydrogens (tertiary/aromatic N) is 3. The van der Waals surface area contributed by atoms with Crippen LogP contribution in [0.5, 0.6) is 0 Å². The first-order valence-corrected chi connectivity index (χ1v) is 6.09. The van der Waals surface area contributed by atoms with Crippen LogP contribution < -0.4 is 11.1 Å². The van der Waals surface area contributed by atoms with Crippen LogP contribution in [-0.2, 0) is 13.5 Å². The molecule has 1 unspecified atom stereocenters. The van der Waals surface area contributed by atoms with E-state index in [2.05, 4.69) is 27.6 Å². The van der Waals surface area contributed by atoms with Gasteiger partial charge in [0.05, 0.1) is 0 Å². The fraction of sp³-hybridized carbons (Fsp3) is 0.385. The van der Waals surface area contributed by atoms with Gasteiger partial charge < -0.3 is 15.6 Å². The molecule has 2 rings (SSSR count). The van der Waals surface area contributed by atoms with E-state index in [4.69, 9.17) is 5.73 Å². The molecule has 96 valence electrons. The van der Waals surface area contributed by atoms with E-state index in [0.717, 1.165) is 30.2 Å². The molecule has 1 heterocycles. The van der Waals surface area contributed by atoms with Gasteiger partial charge in [-0.15, -0.1) is 10.2 Å². The molecule has 1 atom stereocenters. The number of anilines is 1. The summed E-state index contributed by atoms with van der Waals surface area (Å²) >= 11 is 0. The normalized spacial score (nSPS) is 12.4. The summed E-state index contributed by atoms with van der Waals surface area (Å²) in [5.74, 6) is 1.73. The number of aryl methyl sites for hydroxylation is 1. The first-order chi connectivity index (χ1) is 8.72. The third-order valence-electron chi connectivity index (χ3n) is 3.10. The molecule has 0 spiro atoms. The van der Waals surface area contributed by atoms with E-state index in [1.165, 1.54) is 0 Å². The monoisotopic (exact) mass is 245 g/mol. The quantitative estimate of drug-likeness (QED) is 0.837. The SMILES string of the molecule is CNc1nnc(CCC(N)c2ccccc2)n1C. The first-order valence-electron chi connectivity index (χ1n) is 6.09. The lowest BCUT2D eigenvalue weighted by Gasteiger charge is -2.11. The molecule has 0 aliphatic heterocycles. The Morgan fingerprint density at radius 1 is 1.28 bits per heavy atom. The zero-order valence-electron chi connectivity index (χ0n) is 10.8. The van der Waals surface area contributed by atoms with Gasteiger partial charge in [-0.2, -0.15) is 0 Å². The maximum absolute atomic E-state index is 6.16. The van der Waals surface area contributed by atoms with E-state index in [9.17, 15) is 0 Å². The van der Waals surface area contributed by atoms with Gasteiger partial charge in [0, 0.05) is 26.6 Å². The van der Waals surface area contributed by atoms with Gasteiger partial charge in [-0.25, -0.2) is 0 Å². The first kappa shape index (κ1) is 12.6. The number of aromatic nitrogens is 3. The molecule has 2 aromatic rings. The van der Waals surface area contributed by atoms with Gasteiger partial charge >= 0.3 is 0 Å². The highest BCUT2D eigenvalue weighted by atomic mass is 15.3. The summed E-state index contributed by atoms with van der Waals surface area (Å²) in [5.41, 5.74) is 7.32. The largest absolute Gasteiger partial charge is 0.357 e. The van der Waals surface area contributed by atoms with E-state index >= 15 is 0 Å². The standard InChI is InChI=1S/C13H19N5/c1-15-13-17-16-12(18(13)2)9-8-11(14)10-6-4-3-5-7-10/h3-7,11H,8-9,14H2,1-2H3,(H,15,17). The van der Waals surface area contributed by atoms with Crippen molar-refractivity contribution in [1.82, 2.24) is 14.8 Å². The molecule has 5 nitrogen and oxygen atoms in total. The van der Waals surface area contributed by atoms with Crippen molar-refractivity contribution in [2.24, 2.45) is 12.8 Å². The maximum atomic E-state index is 6.16. The van der Waals surface area contributed by atoms with Crippen LogP contribution in [0.1, 0.15) is 23.9 Å². The van der Waals surface area contributed by atoms with Crippen LogP contribution in [0.15, 0.2) is 30.3 Å². The summed E-state index contributed by atoms with van der Waals surface area (Å²) in [7, 11) is 3.79. The van der Waals surface area contributed by atoms with E-state index in [0.29, 0.717) is 0 Å². The van der Waals surface area contributed by atoms with Gasteiger partial charge in [0.1, 0.15) is 5.82 Å². The molecule has 0 aliphatic rings. The van der Waals surface area contributed by atoms with E-state index in [-0.39, 0.29) is 6.04 Å². The Bertz CT molecular complexity index is 491. The average Bonchev–Trinajstić information content (AvgIpc) is 2.77. The Morgan fingerprint density at radius 3 is 2.61 bits per heavy atom. The number of nitrogens with two attached hydrogens (primary N) is 1. The van der Waals surface area contributed by atoms with Crippen LogP contribution in [0.3, 0.4) is 0 Å². The highest BCUT2D eigenvalue weighted by Gasteiger charge is 2.10. The fourth-order valence-corrected chi connectivity index (χ4v) is 1.95. The molecule has 0 bridgehead atoms. The Labute approximate surface area is 107 Å². The predicted octanol–water partition coefficient (Wildman–Crippen LogP) is 1.49.